The monoisotopic (exact) mass is 430 g/mol. The van der Waals surface area contributed by atoms with Gasteiger partial charge in [-0.3, -0.25) is 0 Å². The van der Waals surface area contributed by atoms with Gasteiger partial charge in [0, 0.05) is 10.6 Å². The topological polar surface area (TPSA) is 44.8 Å². The smallest absolute Gasteiger partial charge is 0.338 e. The van der Waals surface area contributed by atoms with Crippen molar-refractivity contribution in [3.63, 3.8) is 0 Å². The molecule has 1 aliphatic rings. The molecule has 24 heavy (non-hydrogen) atoms. The fourth-order valence-electron chi connectivity index (χ4n) is 2.26. The van der Waals surface area contributed by atoms with Gasteiger partial charge in [0.1, 0.15) is 12.7 Å². The average Bonchev–Trinajstić information content (AvgIpc) is 2.95. The molecule has 126 valence electrons. The first-order valence-electron chi connectivity index (χ1n) is 7.16. The quantitative estimate of drug-likeness (QED) is 0.516. The Balaban J connectivity index is 1.62. The lowest BCUT2D eigenvalue weighted by molar-refractivity contribution is -0.0962. The van der Waals surface area contributed by atoms with Crippen molar-refractivity contribution in [2.24, 2.45) is 0 Å². The molecule has 2 aromatic carbocycles. The molecular formula is C17H13BrCl2O4. The van der Waals surface area contributed by atoms with Gasteiger partial charge in [0.2, 0.25) is 0 Å². The Bertz CT molecular complexity index is 741. The highest BCUT2D eigenvalue weighted by molar-refractivity contribution is 9.09. The lowest BCUT2D eigenvalue weighted by Gasteiger charge is -2.22. The van der Waals surface area contributed by atoms with Crippen molar-refractivity contribution in [2.75, 3.05) is 13.2 Å². The van der Waals surface area contributed by atoms with E-state index >= 15 is 0 Å². The Labute approximate surface area is 157 Å². The molecule has 0 amide bonds. The highest BCUT2D eigenvalue weighted by atomic mass is 79.9. The van der Waals surface area contributed by atoms with Crippen LogP contribution in [-0.2, 0) is 18.9 Å². The molecule has 1 aliphatic heterocycles. The summed E-state index contributed by atoms with van der Waals surface area (Å²) in [4.78, 5) is 12.0. The van der Waals surface area contributed by atoms with Crippen molar-refractivity contribution in [1.82, 2.24) is 0 Å². The van der Waals surface area contributed by atoms with E-state index in [0.29, 0.717) is 21.2 Å². The maximum atomic E-state index is 12.0. The molecule has 2 aromatic rings. The predicted octanol–water partition coefficient (Wildman–Crippen LogP) is 4.77. The van der Waals surface area contributed by atoms with E-state index in [-0.39, 0.29) is 13.2 Å². The Hall–Kier alpha value is -1.11. The van der Waals surface area contributed by atoms with Crippen molar-refractivity contribution in [3.8, 4) is 0 Å². The molecule has 0 aliphatic carbocycles. The minimum atomic E-state index is -1.18. The van der Waals surface area contributed by atoms with E-state index < -0.39 is 16.8 Å². The molecular weight excluding hydrogens is 419 g/mol. The number of esters is 1. The number of hydrogen-bond donors (Lipinski definition) is 0. The van der Waals surface area contributed by atoms with Crippen LogP contribution in [0, 0.1) is 0 Å². The predicted molar refractivity (Wildman–Crippen MR) is 94.6 cm³/mol. The molecule has 1 heterocycles. The summed E-state index contributed by atoms with van der Waals surface area (Å²) in [6.45, 7) is 0.332. The van der Waals surface area contributed by atoms with Gasteiger partial charge in [-0.15, -0.1) is 0 Å². The van der Waals surface area contributed by atoms with E-state index in [0.717, 1.165) is 0 Å². The third-order valence-corrected chi connectivity index (χ3v) is 4.83. The number of benzene rings is 2. The zero-order valence-corrected chi connectivity index (χ0v) is 15.5. The molecule has 0 spiro atoms. The number of rotatable bonds is 4. The first-order chi connectivity index (χ1) is 11.5. The lowest BCUT2D eigenvalue weighted by atomic mass is 10.2. The fraction of sp³-hybridized carbons (Fsp3) is 0.235. The number of hydrogen-bond acceptors (Lipinski definition) is 4. The van der Waals surface area contributed by atoms with Crippen LogP contribution in [0.5, 0.6) is 0 Å². The molecule has 4 nitrogen and oxygen atoms in total. The van der Waals surface area contributed by atoms with Crippen LogP contribution in [0.3, 0.4) is 0 Å². The van der Waals surface area contributed by atoms with Crippen molar-refractivity contribution in [1.29, 1.82) is 0 Å². The van der Waals surface area contributed by atoms with Crippen LogP contribution < -0.4 is 0 Å². The van der Waals surface area contributed by atoms with Crippen molar-refractivity contribution in [3.05, 3.63) is 69.7 Å². The number of ether oxygens (including phenoxy) is 3. The van der Waals surface area contributed by atoms with Gasteiger partial charge in [0.15, 0.2) is 0 Å². The zero-order valence-electron chi connectivity index (χ0n) is 12.4. The average molecular weight is 432 g/mol. The summed E-state index contributed by atoms with van der Waals surface area (Å²) in [5.74, 6) is -0.407. The maximum Gasteiger partial charge on any atom is 0.338 e. The first kappa shape index (κ1) is 17.7. The molecule has 1 saturated heterocycles. The molecule has 0 bridgehead atoms. The van der Waals surface area contributed by atoms with Gasteiger partial charge >= 0.3 is 5.97 Å². The maximum absolute atomic E-state index is 12.0. The van der Waals surface area contributed by atoms with E-state index in [9.17, 15) is 4.79 Å². The summed E-state index contributed by atoms with van der Waals surface area (Å²) < 4.78 is 15.6. The summed E-state index contributed by atoms with van der Waals surface area (Å²) in [5, 5.41) is 0.937. The van der Waals surface area contributed by atoms with Gasteiger partial charge in [-0.25, -0.2) is 4.79 Å². The van der Waals surface area contributed by atoms with Crippen LogP contribution in [0.25, 0.3) is 0 Å². The number of alkyl halides is 1. The minimum absolute atomic E-state index is 0.0757. The van der Waals surface area contributed by atoms with Crippen LogP contribution >= 0.6 is 39.1 Å². The van der Waals surface area contributed by atoms with Gasteiger partial charge < -0.3 is 14.2 Å². The number of carbonyl (C=O) groups is 1. The van der Waals surface area contributed by atoms with Crippen LogP contribution in [0.1, 0.15) is 15.9 Å². The largest absolute Gasteiger partial charge is 0.459 e. The summed E-state index contributed by atoms with van der Waals surface area (Å²) >= 11 is 15.5. The standard InChI is InChI=1S/C17H13BrCl2O4/c18-17(14-7-6-12(19)8-15(14)20)23-10-13(24-17)9-22-16(21)11-4-2-1-3-5-11/h1-8,13H,9-10H2/t13-,17-/m0/s1. The minimum Gasteiger partial charge on any atom is -0.459 e. The van der Waals surface area contributed by atoms with E-state index in [1.807, 2.05) is 6.07 Å². The lowest BCUT2D eigenvalue weighted by Crippen LogP contribution is -2.24. The highest BCUT2D eigenvalue weighted by Gasteiger charge is 2.43. The Morgan fingerprint density at radius 2 is 2.00 bits per heavy atom. The van der Waals surface area contributed by atoms with E-state index in [4.69, 9.17) is 37.4 Å². The first-order valence-corrected chi connectivity index (χ1v) is 8.71. The molecule has 7 heteroatoms. The summed E-state index contributed by atoms with van der Waals surface area (Å²) in [5.41, 5.74) is 1.09. The van der Waals surface area contributed by atoms with Gasteiger partial charge in [-0.2, -0.15) is 0 Å². The van der Waals surface area contributed by atoms with Crippen molar-refractivity contribution >= 4 is 45.1 Å². The normalized spacial score (nSPS) is 23.2. The summed E-state index contributed by atoms with van der Waals surface area (Å²) in [6.07, 6.45) is -0.413. The van der Waals surface area contributed by atoms with Crippen LogP contribution in [0.15, 0.2) is 48.5 Å². The van der Waals surface area contributed by atoms with Crippen LogP contribution in [0.2, 0.25) is 10.0 Å². The van der Waals surface area contributed by atoms with Gasteiger partial charge in [-0.1, -0.05) is 41.4 Å². The van der Waals surface area contributed by atoms with Gasteiger partial charge in [0.05, 0.1) is 17.2 Å². The van der Waals surface area contributed by atoms with Crippen LogP contribution in [-0.4, -0.2) is 25.3 Å². The summed E-state index contributed by atoms with van der Waals surface area (Å²) in [7, 11) is 0. The summed E-state index contributed by atoms with van der Waals surface area (Å²) in [6, 6.07) is 13.8. The molecule has 0 radical (unpaired) electrons. The Morgan fingerprint density at radius 3 is 2.71 bits per heavy atom. The molecule has 0 saturated carbocycles. The van der Waals surface area contributed by atoms with E-state index in [1.54, 1.807) is 42.5 Å². The fourth-order valence-corrected chi connectivity index (χ4v) is 3.65. The number of carbonyl (C=O) groups excluding carboxylic acids is 1. The van der Waals surface area contributed by atoms with Crippen LogP contribution in [0.4, 0.5) is 0 Å². The Kier molecular flexibility index (Phi) is 5.47. The molecule has 0 unspecified atom stereocenters. The molecule has 0 aromatic heterocycles. The van der Waals surface area contributed by atoms with E-state index in [1.165, 1.54) is 0 Å². The van der Waals surface area contributed by atoms with E-state index in [2.05, 4.69) is 15.9 Å². The third kappa shape index (κ3) is 3.92. The third-order valence-electron chi connectivity index (χ3n) is 3.44. The molecule has 3 rings (SSSR count). The molecule has 0 N–H and O–H groups in total. The second-order valence-electron chi connectivity index (χ2n) is 5.18. The molecule has 2 atom stereocenters. The second-order valence-corrected chi connectivity index (χ2v) is 7.06. The highest BCUT2D eigenvalue weighted by Crippen LogP contribution is 2.43. The van der Waals surface area contributed by atoms with Crippen molar-refractivity contribution < 1.29 is 19.0 Å². The van der Waals surface area contributed by atoms with Gasteiger partial charge in [-0.05, 0) is 46.3 Å². The SMILES string of the molecule is O=C(OC[C@H]1CO[C@@](Br)(c2ccc(Cl)cc2Cl)O1)c1ccccc1. The zero-order chi connectivity index (χ0) is 17.2. The van der Waals surface area contributed by atoms with Gasteiger partial charge in [0.25, 0.3) is 4.70 Å². The Morgan fingerprint density at radius 1 is 1.25 bits per heavy atom. The second kappa shape index (κ2) is 7.42. The van der Waals surface area contributed by atoms with Crippen molar-refractivity contribution in [2.45, 2.75) is 10.8 Å². The molecule has 1 fully saturated rings. The number of halogens is 3.